The van der Waals surface area contributed by atoms with Crippen LogP contribution in [0.25, 0.3) is 0 Å². The molecule has 1 aliphatic carbocycles. The van der Waals surface area contributed by atoms with Gasteiger partial charge in [-0.05, 0) is 64.7 Å². The maximum Gasteiger partial charge on any atom is 0.408 e. The number of esters is 1. The van der Waals surface area contributed by atoms with Gasteiger partial charge in [0.2, 0.25) is 23.6 Å². The number of unbranched alkanes of at least 4 members (excludes halogenated alkanes) is 1. The smallest absolute Gasteiger partial charge is 0.408 e. The quantitative estimate of drug-likeness (QED) is 0.0944. The van der Waals surface area contributed by atoms with Gasteiger partial charge in [0.1, 0.15) is 29.8 Å². The van der Waals surface area contributed by atoms with E-state index in [1.807, 2.05) is 20.8 Å². The SMILES string of the molecule is CCCCOC(=O)[C@H](CC(C)C)NC(=O)[C@H](CO)NC(=O)[C@H](CCC(N)=O)NC(=O)[C@@H](NC(=O)OC(C)(C)C)C1CCCCC1. The molecule has 7 N–H and O–H groups in total. The Balaban J connectivity index is 3.11. The third-order valence-electron chi connectivity index (χ3n) is 7.25. The summed E-state index contributed by atoms with van der Waals surface area (Å²) in [6, 6.07) is -4.82. The summed E-state index contributed by atoms with van der Waals surface area (Å²) < 4.78 is 10.6. The molecule has 0 unspecified atom stereocenters. The van der Waals surface area contributed by atoms with Gasteiger partial charge in [0, 0.05) is 6.42 Å². The van der Waals surface area contributed by atoms with Crippen LogP contribution in [0, 0.1) is 11.8 Å². The molecule has 258 valence electrons. The third kappa shape index (κ3) is 15.9. The molecule has 0 radical (unpaired) electrons. The zero-order valence-corrected chi connectivity index (χ0v) is 27.7. The zero-order valence-electron chi connectivity index (χ0n) is 27.7. The molecule has 1 fully saturated rings. The number of aliphatic hydroxyl groups is 1. The summed E-state index contributed by atoms with van der Waals surface area (Å²) in [5.74, 6) is -3.86. The first-order valence-electron chi connectivity index (χ1n) is 16.0. The number of nitrogens with one attached hydrogen (secondary N) is 4. The van der Waals surface area contributed by atoms with E-state index in [1.54, 1.807) is 20.8 Å². The molecule has 0 saturated heterocycles. The van der Waals surface area contributed by atoms with Gasteiger partial charge in [0.25, 0.3) is 0 Å². The molecule has 0 bridgehead atoms. The van der Waals surface area contributed by atoms with E-state index in [2.05, 4.69) is 21.3 Å². The second kappa shape index (κ2) is 19.9. The van der Waals surface area contributed by atoms with Crippen molar-refractivity contribution in [2.75, 3.05) is 13.2 Å². The van der Waals surface area contributed by atoms with Gasteiger partial charge in [0.05, 0.1) is 13.2 Å². The Morgan fingerprint density at radius 1 is 0.867 bits per heavy atom. The molecule has 1 aliphatic rings. The van der Waals surface area contributed by atoms with E-state index in [0.717, 1.165) is 25.7 Å². The molecule has 0 aromatic heterocycles. The Morgan fingerprint density at radius 2 is 1.44 bits per heavy atom. The van der Waals surface area contributed by atoms with E-state index in [4.69, 9.17) is 15.2 Å². The number of carbonyl (C=O) groups excluding carboxylic acids is 6. The predicted molar refractivity (Wildman–Crippen MR) is 166 cm³/mol. The molecule has 14 nitrogen and oxygen atoms in total. The molecule has 0 aromatic carbocycles. The Kier molecular flexibility index (Phi) is 17.5. The van der Waals surface area contributed by atoms with Gasteiger partial charge >= 0.3 is 12.1 Å². The summed E-state index contributed by atoms with van der Waals surface area (Å²) in [6.07, 6.45) is 4.60. The fourth-order valence-electron chi connectivity index (χ4n) is 4.96. The van der Waals surface area contributed by atoms with Gasteiger partial charge in [-0.2, -0.15) is 0 Å². The monoisotopic (exact) mass is 641 g/mol. The molecule has 0 heterocycles. The fraction of sp³-hybridized carbons (Fsp3) is 0.806. The van der Waals surface area contributed by atoms with Crippen molar-refractivity contribution in [1.29, 1.82) is 0 Å². The fourth-order valence-corrected chi connectivity index (χ4v) is 4.96. The van der Waals surface area contributed by atoms with Crippen LogP contribution in [-0.4, -0.2) is 83.8 Å². The Hall–Kier alpha value is -3.42. The molecular weight excluding hydrogens is 586 g/mol. The van der Waals surface area contributed by atoms with E-state index in [9.17, 15) is 33.9 Å². The highest BCUT2D eigenvalue weighted by molar-refractivity contribution is 5.95. The van der Waals surface area contributed by atoms with Gasteiger partial charge < -0.3 is 41.6 Å². The van der Waals surface area contributed by atoms with Crippen LogP contribution in [0.5, 0.6) is 0 Å². The number of alkyl carbamates (subject to hydrolysis) is 1. The lowest BCUT2D eigenvalue weighted by Gasteiger charge is -2.32. The highest BCUT2D eigenvalue weighted by Gasteiger charge is 2.36. The summed E-state index contributed by atoms with van der Waals surface area (Å²) in [5, 5.41) is 20.2. The van der Waals surface area contributed by atoms with Crippen molar-refractivity contribution in [3.8, 4) is 0 Å². The molecule has 14 heteroatoms. The maximum atomic E-state index is 13.6. The summed E-state index contributed by atoms with van der Waals surface area (Å²) in [7, 11) is 0. The van der Waals surface area contributed by atoms with Crippen LogP contribution in [0.2, 0.25) is 0 Å². The van der Waals surface area contributed by atoms with Crippen LogP contribution in [0.15, 0.2) is 0 Å². The third-order valence-corrected chi connectivity index (χ3v) is 7.25. The minimum atomic E-state index is -1.47. The molecule has 45 heavy (non-hydrogen) atoms. The molecule has 1 saturated carbocycles. The number of aliphatic hydroxyl groups excluding tert-OH is 1. The average molecular weight is 642 g/mol. The van der Waals surface area contributed by atoms with Crippen LogP contribution < -0.4 is 27.0 Å². The number of nitrogens with two attached hydrogens (primary N) is 1. The number of primary amides is 1. The van der Waals surface area contributed by atoms with E-state index >= 15 is 0 Å². The maximum absolute atomic E-state index is 13.6. The molecule has 5 amide bonds. The summed E-state index contributed by atoms with van der Waals surface area (Å²) in [6.45, 7) is 10.2. The Labute approximate surface area is 266 Å². The number of amides is 5. The molecule has 1 rings (SSSR count). The van der Waals surface area contributed by atoms with Crippen LogP contribution in [0.1, 0.15) is 106 Å². The molecule has 0 spiro atoms. The van der Waals surface area contributed by atoms with E-state index in [0.29, 0.717) is 19.3 Å². The first-order valence-corrected chi connectivity index (χ1v) is 16.0. The molecule has 4 atom stereocenters. The number of hydrogen-bond donors (Lipinski definition) is 6. The van der Waals surface area contributed by atoms with Crippen molar-refractivity contribution in [2.24, 2.45) is 17.6 Å². The van der Waals surface area contributed by atoms with Crippen molar-refractivity contribution >= 4 is 35.7 Å². The van der Waals surface area contributed by atoms with Crippen LogP contribution >= 0.6 is 0 Å². The van der Waals surface area contributed by atoms with Crippen molar-refractivity contribution in [1.82, 2.24) is 21.3 Å². The average Bonchev–Trinajstić information content (AvgIpc) is 2.95. The number of carbonyl (C=O) groups is 6. The second-order valence-corrected chi connectivity index (χ2v) is 13.0. The van der Waals surface area contributed by atoms with Crippen molar-refractivity contribution < 1.29 is 43.3 Å². The molecular formula is C31H55N5O9. The van der Waals surface area contributed by atoms with Crippen molar-refractivity contribution in [3.63, 3.8) is 0 Å². The lowest BCUT2D eigenvalue weighted by molar-refractivity contribution is -0.149. The molecule has 0 aliphatic heterocycles. The minimum Gasteiger partial charge on any atom is -0.464 e. The topological polar surface area (TPSA) is 215 Å². The summed E-state index contributed by atoms with van der Waals surface area (Å²) >= 11 is 0. The van der Waals surface area contributed by atoms with Gasteiger partial charge in [-0.1, -0.05) is 46.5 Å². The van der Waals surface area contributed by atoms with E-state index < -0.39 is 72.1 Å². The highest BCUT2D eigenvalue weighted by Crippen LogP contribution is 2.27. The summed E-state index contributed by atoms with van der Waals surface area (Å²) in [5.41, 5.74) is 4.51. The highest BCUT2D eigenvalue weighted by atomic mass is 16.6. The van der Waals surface area contributed by atoms with Gasteiger partial charge in [-0.3, -0.25) is 19.2 Å². The van der Waals surface area contributed by atoms with Crippen molar-refractivity contribution in [3.05, 3.63) is 0 Å². The Bertz CT molecular complexity index is 992. The van der Waals surface area contributed by atoms with Gasteiger partial charge in [0.15, 0.2) is 0 Å². The van der Waals surface area contributed by atoms with Crippen LogP contribution in [-0.2, 0) is 33.4 Å². The first-order chi connectivity index (χ1) is 21.1. The first kappa shape index (κ1) is 39.6. The minimum absolute atomic E-state index is 0.0241. The largest absolute Gasteiger partial charge is 0.464 e. The van der Waals surface area contributed by atoms with E-state index in [1.165, 1.54) is 0 Å². The predicted octanol–water partition coefficient (Wildman–Crippen LogP) is 1.56. The van der Waals surface area contributed by atoms with Crippen LogP contribution in [0.3, 0.4) is 0 Å². The second-order valence-electron chi connectivity index (χ2n) is 13.0. The standard InChI is InChI=1S/C31H55N5O9/c1-7-8-16-44-29(42)22(17-19(2)3)34-27(40)23(18-37)35-26(39)21(14-15-24(32)38)33-28(41)25(20-12-10-9-11-13-20)36-30(43)45-31(4,5)6/h19-23,25,37H,7-18H2,1-6H3,(H2,32,38)(H,33,41)(H,34,40)(H,35,39)(H,36,43)/t21-,22-,23-,25-/m0/s1. The number of ether oxygens (including phenoxy) is 2. The Morgan fingerprint density at radius 3 is 1.98 bits per heavy atom. The lowest BCUT2D eigenvalue weighted by atomic mass is 9.83. The van der Waals surface area contributed by atoms with Gasteiger partial charge in [-0.25, -0.2) is 9.59 Å². The van der Waals surface area contributed by atoms with Crippen molar-refractivity contribution in [2.45, 2.75) is 136 Å². The summed E-state index contributed by atoms with van der Waals surface area (Å²) in [4.78, 5) is 76.9. The lowest BCUT2D eigenvalue weighted by Crippen LogP contribution is -2.60. The van der Waals surface area contributed by atoms with Crippen LogP contribution in [0.4, 0.5) is 4.79 Å². The van der Waals surface area contributed by atoms with E-state index in [-0.39, 0.29) is 37.7 Å². The number of rotatable bonds is 18. The normalized spacial score (nSPS) is 16.4. The number of hydrogen-bond acceptors (Lipinski definition) is 9. The zero-order chi connectivity index (χ0) is 34.2. The van der Waals surface area contributed by atoms with Gasteiger partial charge in [-0.15, -0.1) is 0 Å². The molecule has 0 aromatic rings.